The van der Waals surface area contributed by atoms with Gasteiger partial charge in [-0.3, -0.25) is 0 Å². The number of halogens is 4. The summed E-state index contributed by atoms with van der Waals surface area (Å²) in [6.45, 7) is 1.32. The van der Waals surface area contributed by atoms with E-state index in [4.69, 9.17) is 10.8 Å². The number of hydrogen-bond donors (Lipinski definition) is 2. The summed E-state index contributed by atoms with van der Waals surface area (Å²) in [6, 6.07) is -0.360. The van der Waals surface area contributed by atoms with Crippen LogP contribution in [0.5, 0.6) is 5.75 Å². The predicted octanol–water partition coefficient (Wildman–Crippen LogP) is 2.40. The molecule has 0 saturated carbocycles. The van der Waals surface area contributed by atoms with Gasteiger partial charge >= 0.3 is 6.18 Å². The van der Waals surface area contributed by atoms with E-state index >= 15 is 0 Å². The fraction of sp³-hybridized carbons (Fsp3) is 0.333. The van der Waals surface area contributed by atoms with Crippen LogP contribution in [0.2, 0.25) is 0 Å². The molecule has 15 heavy (non-hydrogen) atoms. The zero-order chi connectivity index (χ0) is 11.8. The van der Waals surface area contributed by atoms with Crippen LogP contribution in [0.1, 0.15) is 17.2 Å². The first-order chi connectivity index (χ1) is 6.75. The molecule has 0 aliphatic rings. The van der Waals surface area contributed by atoms with E-state index < -0.39 is 29.3 Å². The van der Waals surface area contributed by atoms with Crippen molar-refractivity contribution in [3.63, 3.8) is 0 Å². The lowest BCUT2D eigenvalue weighted by Gasteiger charge is -2.19. The standard InChI is InChI=1S/C9H9F4NO/c1-4-2-3-5(10)7(15)6(4)8(14)9(11,12)13/h2-3,8,15H,14H2,1H3/t8-/m1/s1. The lowest BCUT2D eigenvalue weighted by Crippen LogP contribution is -2.29. The van der Waals surface area contributed by atoms with Crippen molar-refractivity contribution in [2.24, 2.45) is 5.73 Å². The largest absolute Gasteiger partial charge is 0.505 e. The van der Waals surface area contributed by atoms with Gasteiger partial charge < -0.3 is 10.8 Å². The number of phenolic OH excluding ortho intramolecular Hbond substituents is 1. The molecule has 0 saturated heterocycles. The van der Waals surface area contributed by atoms with Crippen LogP contribution in [0.15, 0.2) is 12.1 Å². The van der Waals surface area contributed by atoms with E-state index in [9.17, 15) is 17.6 Å². The molecule has 0 fully saturated rings. The molecule has 2 nitrogen and oxygen atoms in total. The third kappa shape index (κ3) is 2.20. The Kier molecular flexibility index (Phi) is 2.90. The molecule has 0 unspecified atom stereocenters. The van der Waals surface area contributed by atoms with Crippen molar-refractivity contribution in [1.82, 2.24) is 0 Å². The number of hydrogen-bond acceptors (Lipinski definition) is 2. The zero-order valence-corrected chi connectivity index (χ0v) is 7.77. The highest BCUT2D eigenvalue weighted by Crippen LogP contribution is 2.37. The van der Waals surface area contributed by atoms with Gasteiger partial charge in [0.15, 0.2) is 11.6 Å². The fourth-order valence-corrected chi connectivity index (χ4v) is 1.24. The molecule has 0 bridgehead atoms. The maximum Gasteiger partial charge on any atom is 0.407 e. The summed E-state index contributed by atoms with van der Waals surface area (Å²) >= 11 is 0. The molecule has 0 heterocycles. The minimum absolute atomic E-state index is 0.0960. The van der Waals surface area contributed by atoms with Gasteiger partial charge in [0.05, 0.1) is 0 Å². The Morgan fingerprint density at radius 1 is 1.33 bits per heavy atom. The van der Waals surface area contributed by atoms with Crippen molar-refractivity contribution in [1.29, 1.82) is 0 Å². The Morgan fingerprint density at radius 2 is 1.87 bits per heavy atom. The van der Waals surface area contributed by atoms with Crippen LogP contribution in [0, 0.1) is 12.7 Å². The van der Waals surface area contributed by atoms with Gasteiger partial charge in [-0.15, -0.1) is 0 Å². The van der Waals surface area contributed by atoms with Crippen molar-refractivity contribution in [3.8, 4) is 5.75 Å². The van der Waals surface area contributed by atoms with Crippen molar-refractivity contribution >= 4 is 0 Å². The maximum atomic E-state index is 12.8. The van der Waals surface area contributed by atoms with Crippen LogP contribution in [-0.4, -0.2) is 11.3 Å². The van der Waals surface area contributed by atoms with E-state index in [0.29, 0.717) is 0 Å². The molecule has 1 aromatic rings. The SMILES string of the molecule is Cc1ccc(F)c(O)c1[C@@H](N)C(F)(F)F. The first kappa shape index (κ1) is 11.8. The van der Waals surface area contributed by atoms with E-state index in [2.05, 4.69) is 0 Å². The Bertz CT molecular complexity index is 375. The number of nitrogens with two attached hydrogens (primary N) is 1. The minimum Gasteiger partial charge on any atom is -0.505 e. The number of benzene rings is 1. The summed E-state index contributed by atoms with van der Waals surface area (Å²) in [5.41, 5.74) is 4.36. The molecule has 1 atom stereocenters. The highest BCUT2D eigenvalue weighted by Gasteiger charge is 2.40. The minimum atomic E-state index is -4.71. The average molecular weight is 223 g/mol. The van der Waals surface area contributed by atoms with Crippen LogP contribution < -0.4 is 5.73 Å². The molecular formula is C9H9F4NO. The third-order valence-corrected chi connectivity index (χ3v) is 2.05. The Morgan fingerprint density at radius 3 is 2.33 bits per heavy atom. The first-order valence-corrected chi connectivity index (χ1v) is 4.05. The summed E-state index contributed by atoms with van der Waals surface area (Å²) < 4.78 is 49.6. The van der Waals surface area contributed by atoms with Gasteiger partial charge in [-0.2, -0.15) is 13.2 Å². The molecule has 84 valence electrons. The quantitative estimate of drug-likeness (QED) is 0.718. The van der Waals surface area contributed by atoms with Gasteiger partial charge in [-0.05, 0) is 18.6 Å². The number of phenols is 1. The molecule has 0 radical (unpaired) electrons. The molecule has 3 N–H and O–H groups in total. The second-order valence-corrected chi connectivity index (χ2v) is 3.15. The number of rotatable bonds is 1. The predicted molar refractivity (Wildman–Crippen MR) is 45.8 cm³/mol. The number of alkyl halides is 3. The van der Waals surface area contributed by atoms with Gasteiger partial charge in [0.25, 0.3) is 0 Å². The first-order valence-electron chi connectivity index (χ1n) is 4.05. The van der Waals surface area contributed by atoms with Crippen LogP contribution in [0.3, 0.4) is 0 Å². The Labute approximate surface area is 83.3 Å². The van der Waals surface area contributed by atoms with Crippen molar-refractivity contribution in [2.75, 3.05) is 0 Å². The lowest BCUT2D eigenvalue weighted by atomic mass is 10.00. The highest BCUT2D eigenvalue weighted by atomic mass is 19.4. The van der Waals surface area contributed by atoms with E-state index in [-0.39, 0.29) is 5.56 Å². The smallest absolute Gasteiger partial charge is 0.407 e. The highest BCUT2D eigenvalue weighted by molar-refractivity contribution is 5.42. The second kappa shape index (κ2) is 3.69. The fourth-order valence-electron chi connectivity index (χ4n) is 1.24. The number of aromatic hydroxyl groups is 1. The summed E-state index contributed by atoms with van der Waals surface area (Å²) in [7, 11) is 0. The van der Waals surface area contributed by atoms with E-state index in [1.165, 1.54) is 6.92 Å². The van der Waals surface area contributed by atoms with Crippen molar-refractivity contribution in [3.05, 3.63) is 29.1 Å². The molecule has 0 aliphatic carbocycles. The van der Waals surface area contributed by atoms with E-state index in [1.54, 1.807) is 0 Å². The van der Waals surface area contributed by atoms with Gasteiger partial charge in [0, 0.05) is 5.56 Å². The van der Waals surface area contributed by atoms with Crippen LogP contribution in [-0.2, 0) is 0 Å². The molecular weight excluding hydrogens is 214 g/mol. The molecule has 0 aromatic heterocycles. The topological polar surface area (TPSA) is 46.2 Å². The molecule has 6 heteroatoms. The Balaban J connectivity index is 3.31. The van der Waals surface area contributed by atoms with Crippen LogP contribution >= 0.6 is 0 Å². The summed E-state index contributed by atoms with van der Waals surface area (Å²) in [4.78, 5) is 0. The third-order valence-electron chi connectivity index (χ3n) is 2.05. The van der Waals surface area contributed by atoms with Crippen molar-refractivity contribution < 1.29 is 22.7 Å². The maximum absolute atomic E-state index is 12.8. The Hall–Kier alpha value is -1.30. The van der Waals surface area contributed by atoms with E-state index in [1.807, 2.05) is 0 Å². The van der Waals surface area contributed by atoms with E-state index in [0.717, 1.165) is 12.1 Å². The molecule has 0 aliphatic heterocycles. The average Bonchev–Trinajstić information content (AvgIpc) is 2.10. The zero-order valence-electron chi connectivity index (χ0n) is 7.77. The molecule has 0 spiro atoms. The van der Waals surface area contributed by atoms with Crippen LogP contribution in [0.25, 0.3) is 0 Å². The monoisotopic (exact) mass is 223 g/mol. The summed E-state index contributed by atoms with van der Waals surface area (Å²) in [5.74, 6) is -2.16. The van der Waals surface area contributed by atoms with Gasteiger partial charge in [-0.25, -0.2) is 4.39 Å². The molecule has 0 amide bonds. The summed E-state index contributed by atoms with van der Waals surface area (Å²) in [5, 5.41) is 9.16. The summed E-state index contributed by atoms with van der Waals surface area (Å²) in [6.07, 6.45) is -4.71. The van der Waals surface area contributed by atoms with Gasteiger partial charge in [0.1, 0.15) is 6.04 Å². The van der Waals surface area contributed by atoms with Crippen molar-refractivity contribution in [2.45, 2.75) is 19.1 Å². The normalized spacial score (nSPS) is 14.0. The lowest BCUT2D eigenvalue weighted by molar-refractivity contribution is -0.149. The van der Waals surface area contributed by atoms with Gasteiger partial charge in [-0.1, -0.05) is 6.07 Å². The van der Waals surface area contributed by atoms with Gasteiger partial charge in [0.2, 0.25) is 0 Å². The molecule has 1 aromatic carbocycles. The molecule has 1 rings (SSSR count). The van der Waals surface area contributed by atoms with Crippen LogP contribution in [0.4, 0.5) is 17.6 Å². The second-order valence-electron chi connectivity index (χ2n) is 3.15. The number of aryl methyl sites for hydroxylation is 1.